The topological polar surface area (TPSA) is 29.1 Å². The maximum atomic E-state index is 12.1. The molecule has 0 fully saturated rings. The second-order valence-corrected chi connectivity index (χ2v) is 2.76. The Morgan fingerprint density at radius 3 is 2.62 bits per heavy atom. The Balaban J connectivity index is 2.91. The smallest absolute Gasteiger partial charge is 0.386 e. The van der Waals surface area contributed by atoms with E-state index in [-0.39, 0.29) is 12.1 Å². The van der Waals surface area contributed by atoms with Gasteiger partial charge in [0.05, 0.1) is 11.1 Å². The highest BCUT2D eigenvalue weighted by molar-refractivity contribution is 6.68. The third-order valence-electron chi connectivity index (χ3n) is 1.47. The summed E-state index contributed by atoms with van der Waals surface area (Å²) in [5.74, 6) is 0. The van der Waals surface area contributed by atoms with Crippen LogP contribution in [0.5, 0.6) is 0 Å². The fraction of sp³-hybridized carbons (Fsp3) is 0.286. The summed E-state index contributed by atoms with van der Waals surface area (Å²) in [6.07, 6.45) is -2.52. The van der Waals surface area contributed by atoms with Crippen molar-refractivity contribution < 1.29 is 18.0 Å². The van der Waals surface area contributed by atoms with E-state index in [1.807, 2.05) is 0 Å². The van der Waals surface area contributed by atoms with Crippen molar-refractivity contribution >= 4 is 16.8 Å². The molecule has 0 spiro atoms. The van der Waals surface area contributed by atoms with Gasteiger partial charge in [0.1, 0.15) is 0 Å². The van der Waals surface area contributed by atoms with E-state index in [0.717, 1.165) is 12.3 Å². The van der Waals surface area contributed by atoms with Crippen LogP contribution in [0, 0.1) is 0 Å². The van der Waals surface area contributed by atoms with Gasteiger partial charge in [-0.25, -0.2) is 0 Å². The van der Waals surface area contributed by atoms with Crippen LogP contribution in [0.15, 0.2) is 23.4 Å². The van der Waals surface area contributed by atoms with Gasteiger partial charge in [0, 0.05) is 12.7 Å². The van der Waals surface area contributed by atoms with E-state index in [1.54, 1.807) is 0 Å². The number of carbonyl (C=O) groups is 1. The van der Waals surface area contributed by atoms with Gasteiger partial charge in [-0.2, -0.15) is 13.2 Å². The number of hydrogen-bond donors (Lipinski definition) is 1. The molecule has 6 heteroatoms. The zero-order valence-electron chi connectivity index (χ0n) is 6.28. The van der Waals surface area contributed by atoms with Crippen LogP contribution >= 0.6 is 11.6 Å². The van der Waals surface area contributed by atoms with Crippen LogP contribution in [0.4, 0.5) is 13.2 Å². The second-order valence-electron chi connectivity index (χ2n) is 2.42. The van der Waals surface area contributed by atoms with Gasteiger partial charge in [-0.05, 0) is 17.7 Å². The third kappa shape index (κ3) is 2.48. The van der Waals surface area contributed by atoms with Crippen LogP contribution in [-0.2, 0) is 4.79 Å². The summed E-state index contributed by atoms with van der Waals surface area (Å²) in [5, 5.41) is 1.41. The van der Waals surface area contributed by atoms with Crippen LogP contribution in [0.3, 0.4) is 0 Å². The number of dihydropyridines is 1. The Bertz CT molecular complexity index is 293. The molecule has 13 heavy (non-hydrogen) atoms. The average molecular weight is 212 g/mol. The van der Waals surface area contributed by atoms with Gasteiger partial charge in [0.25, 0.3) is 5.24 Å². The summed E-state index contributed by atoms with van der Waals surface area (Å²) in [6, 6.07) is 0. The number of rotatable bonds is 1. The number of carbonyl (C=O) groups excluding carboxylic acids is 1. The van der Waals surface area contributed by atoms with E-state index < -0.39 is 17.0 Å². The van der Waals surface area contributed by atoms with Crippen LogP contribution < -0.4 is 5.32 Å². The summed E-state index contributed by atoms with van der Waals surface area (Å²) >= 11 is 5.01. The van der Waals surface area contributed by atoms with Crippen molar-refractivity contribution in [1.82, 2.24) is 5.32 Å². The van der Waals surface area contributed by atoms with Crippen molar-refractivity contribution in [3.8, 4) is 0 Å². The summed E-state index contributed by atoms with van der Waals surface area (Å²) in [6.45, 7) is -0.336. The number of allylic oxidation sites excluding steroid dienone is 2. The molecule has 1 N–H and O–H groups in total. The van der Waals surface area contributed by atoms with Crippen LogP contribution in [0.25, 0.3) is 0 Å². The van der Waals surface area contributed by atoms with Gasteiger partial charge < -0.3 is 5.32 Å². The first-order chi connectivity index (χ1) is 5.91. The standard InChI is InChI=1S/C7H5ClF3NO/c8-6(13)4-1-5(3-12-2-4)7(9,10)11/h1-2,12H,3H2. The lowest BCUT2D eigenvalue weighted by atomic mass is 10.1. The van der Waals surface area contributed by atoms with Crippen LogP contribution in [-0.4, -0.2) is 18.0 Å². The largest absolute Gasteiger partial charge is 0.414 e. The zero-order chi connectivity index (χ0) is 10.1. The molecule has 0 aromatic heterocycles. The lowest BCUT2D eigenvalue weighted by Gasteiger charge is -2.15. The molecular formula is C7H5ClF3NO. The van der Waals surface area contributed by atoms with E-state index in [1.165, 1.54) is 0 Å². The summed E-state index contributed by atoms with van der Waals surface area (Å²) < 4.78 is 36.3. The lowest BCUT2D eigenvalue weighted by Crippen LogP contribution is -2.26. The first-order valence-electron chi connectivity index (χ1n) is 3.32. The first-order valence-corrected chi connectivity index (χ1v) is 3.70. The van der Waals surface area contributed by atoms with Crippen LogP contribution in [0.1, 0.15) is 0 Å². The Hall–Kier alpha value is -0.970. The quantitative estimate of drug-likeness (QED) is 0.670. The van der Waals surface area contributed by atoms with E-state index in [9.17, 15) is 18.0 Å². The minimum Gasteiger partial charge on any atom is -0.386 e. The predicted molar refractivity (Wildman–Crippen MR) is 41.1 cm³/mol. The molecule has 0 saturated heterocycles. The maximum absolute atomic E-state index is 12.1. The molecule has 0 atom stereocenters. The molecule has 0 saturated carbocycles. The van der Waals surface area contributed by atoms with Gasteiger partial charge in [-0.15, -0.1) is 0 Å². The number of hydrogen-bond acceptors (Lipinski definition) is 2. The zero-order valence-corrected chi connectivity index (χ0v) is 7.04. The molecule has 0 bridgehead atoms. The predicted octanol–water partition coefficient (Wildman–Crippen LogP) is 1.73. The van der Waals surface area contributed by atoms with E-state index in [4.69, 9.17) is 11.6 Å². The molecule has 0 amide bonds. The van der Waals surface area contributed by atoms with Crippen molar-refractivity contribution in [3.05, 3.63) is 23.4 Å². The molecule has 2 nitrogen and oxygen atoms in total. The molecule has 1 rings (SSSR count). The van der Waals surface area contributed by atoms with E-state index in [0.29, 0.717) is 0 Å². The highest BCUT2D eigenvalue weighted by atomic mass is 35.5. The molecule has 0 aliphatic carbocycles. The van der Waals surface area contributed by atoms with Crippen molar-refractivity contribution in [2.24, 2.45) is 0 Å². The molecule has 1 aliphatic rings. The van der Waals surface area contributed by atoms with E-state index >= 15 is 0 Å². The van der Waals surface area contributed by atoms with E-state index in [2.05, 4.69) is 5.32 Å². The van der Waals surface area contributed by atoms with Crippen molar-refractivity contribution in [3.63, 3.8) is 0 Å². The summed E-state index contributed by atoms with van der Waals surface area (Å²) in [5.41, 5.74) is -0.987. The molecule has 72 valence electrons. The molecule has 0 unspecified atom stereocenters. The average Bonchev–Trinajstić information content (AvgIpc) is 2.03. The first kappa shape index (κ1) is 10.1. The minimum absolute atomic E-state index is 0.180. The normalized spacial score (nSPS) is 17.2. The number of halogens is 4. The molecule has 0 radical (unpaired) electrons. The Labute approximate surface area is 77.1 Å². The Morgan fingerprint density at radius 2 is 2.15 bits per heavy atom. The second kappa shape index (κ2) is 3.41. The van der Waals surface area contributed by atoms with Crippen molar-refractivity contribution in [2.75, 3.05) is 6.54 Å². The van der Waals surface area contributed by atoms with Gasteiger partial charge in [0.2, 0.25) is 0 Å². The molecule has 1 aliphatic heterocycles. The van der Waals surface area contributed by atoms with Crippen LogP contribution in [0.2, 0.25) is 0 Å². The molecule has 0 aromatic carbocycles. The maximum Gasteiger partial charge on any atom is 0.414 e. The highest BCUT2D eigenvalue weighted by Gasteiger charge is 2.34. The minimum atomic E-state index is -4.42. The summed E-state index contributed by atoms with van der Waals surface area (Å²) in [7, 11) is 0. The monoisotopic (exact) mass is 211 g/mol. The lowest BCUT2D eigenvalue weighted by molar-refractivity contribution is -0.108. The fourth-order valence-corrected chi connectivity index (χ4v) is 0.956. The molecule has 0 aromatic rings. The van der Waals surface area contributed by atoms with Gasteiger partial charge >= 0.3 is 6.18 Å². The fourth-order valence-electron chi connectivity index (χ4n) is 0.847. The van der Waals surface area contributed by atoms with Crippen molar-refractivity contribution in [2.45, 2.75) is 6.18 Å². The SMILES string of the molecule is O=C(Cl)C1=CNCC(C(F)(F)F)=C1. The van der Waals surface area contributed by atoms with Gasteiger partial charge in [0.15, 0.2) is 0 Å². The van der Waals surface area contributed by atoms with Gasteiger partial charge in [-0.1, -0.05) is 0 Å². The number of alkyl halides is 3. The molecule has 1 heterocycles. The Morgan fingerprint density at radius 1 is 1.54 bits per heavy atom. The summed E-state index contributed by atoms with van der Waals surface area (Å²) in [4.78, 5) is 10.5. The molecular weight excluding hydrogens is 207 g/mol. The van der Waals surface area contributed by atoms with Gasteiger partial charge in [-0.3, -0.25) is 4.79 Å². The third-order valence-corrected chi connectivity index (χ3v) is 1.69. The number of nitrogens with one attached hydrogen (secondary N) is 1. The Kier molecular flexibility index (Phi) is 2.66. The highest BCUT2D eigenvalue weighted by Crippen LogP contribution is 2.27. The van der Waals surface area contributed by atoms with Crippen molar-refractivity contribution in [1.29, 1.82) is 0 Å².